The first-order valence-corrected chi connectivity index (χ1v) is 7.98. The Balaban J connectivity index is 2.20. The predicted molar refractivity (Wildman–Crippen MR) is 88.6 cm³/mol. The average molecular weight is 325 g/mol. The molecule has 1 N–H and O–H groups in total. The van der Waals surface area contributed by atoms with Crippen molar-refractivity contribution >= 4 is 0 Å². The van der Waals surface area contributed by atoms with E-state index < -0.39 is 0 Å². The van der Waals surface area contributed by atoms with E-state index in [9.17, 15) is 4.39 Å². The van der Waals surface area contributed by atoms with Gasteiger partial charge in [-0.2, -0.15) is 0 Å². The summed E-state index contributed by atoms with van der Waals surface area (Å²) in [5.41, 5.74) is 0.585. The SMILES string of the molecule is COc1cc(F)c([C@H](C)N[C@@H]2[C@H](C)[C@@H](OC)C2(C)C)cc1OC. The third-order valence-corrected chi connectivity index (χ3v) is 5.19. The number of benzene rings is 1. The van der Waals surface area contributed by atoms with E-state index in [4.69, 9.17) is 14.2 Å². The third kappa shape index (κ3) is 3.04. The van der Waals surface area contributed by atoms with Gasteiger partial charge >= 0.3 is 0 Å². The van der Waals surface area contributed by atoms with Gasteiger partial charge in [0.15, 0.2) is 11.5 Å². The summed E-state index contributed by atoms with van der Waals surface area (Å²) in [5.74, 6) is 1.02. The lowest BCUT2D eigenvalue weighted by Crippen LogP contribution is -2.67. The Bertz CT molecular complexity index is 561. The molecule has 0 aromatic heterocycles. The summed E-state index contributed by atoms with van der Waals surface area (Å²) in [4.78, 5) is 0. The number of methoxy groups -OCH3 is 3. The van der Waals surface area contributed by atoms with E-state index >= 15 is 0 Å². The minimum Gasteiger partial charge on any atom is -0.493 e. The lowest BCUT2D eigenvalue weighted by atomic mass is 9.57. The van der Waals surface area contributed by atoms with E-state index in [0.717, 1.165) is 0 Å². The normalized spacial score (nSPS) is 27.2. The first kappa shape index (κ1) is 18.0. The van der Waals surface area contributed by atoms with Crippen LogP contribution in [-0.2, 0) is 4.74 Å². The van der Waals surface area contributed by atoms with Gasteiger partial charge in [0.2, 0.25) is 0 Å². The second-order valence-electron chi connectivity index (χ2n) is 6.93. The number of ether oxygens (including phenoxy) is 3. The smallest absolute Gasteiger partial charge is 0.163 e. The van der Waals surface area contributed by atoms with Gasteiger partial charge in [-0.15, -0.1) is 0 Å². The maximum Gasteiger partial charge on any atom is 0.163 e. The van der Waals surface area contributed by atoms with Gasteiger partial charge in [-0.25, -0.2) is 4.39 Å². The van der Waals surface area contributed by atoms with Gasteiger partial charge in [0.1, 0.15) is 5.82 Å². The molecule has 23 heavy (non-hydrogen) atoms. The average Bonchev–Trinajstić information content (AvgIpc) is 2.52. The molecule has 0 aliphatic heterocycles. The lowest BCUT2D eigenvalue weighted by molar-refractivity contribution is -0.147. The Kier molecular flexibility index (Phi) is 5.21. The maximum absolute atomic E-state index is 14.4. The second kappa shape index (κ2) is 6.65. The Labute approximate surface area is 138 Å². The number of rotatable bonds is 6. The van der Waals surface area contributed by atoms with Crippen molar-refractivity contribution in [1.29, 1.82) is 0 Å². The Hall–Kier alpha value is -1.33. The summed E-state index contributed by atoms with van der Waals surface area (Å²) in [6, 6.07) is 3.20. The molecule has 4 atom stereocenters. The van der Waals surface area contributed by atoms with Crippen LogP contribution in [0.15, 0.2) is 12.1 Å². The Morgan fingerprint density at radius 1 is 1.13 bits per heavy atom. The lowest BCUT2D eigenvalue weighted by Gasteiger charge is -2.57. The minimum atomic E-state index is -0.296. The van der Waals surface area contributed by atoms with E-state index in [0.29, 0.717) is 23.0 Å². The summed E-state index contributed by atoms with van der Waals surface area (Å²) in [7, 11) is 4.80. The molecule has 1 saturated carbocycles. The van der Waals surface area contributed by atoms with Crippen molar-refractivity contribution in [3.05, 3.63) is 23.5 Å². The number of hydrogen-bond donors (Lipinski definition) is 1. The van der Waals surface area contributed by atoms with Gasteiger partial charge in [-0.1, -0.05) is 20.8 Å². The van der Waals surface area contributed by atoms with Crippen molar-refractivity contribution < 1.29 is 18.6 Å². The summed E-state index contributed by atoms with van der Waals surface area (Å²) < 4.78 is 30.4. The predicted octanol–water partition coefficient (Wildman–Crippen LogP) is 3.55. The van der Waals surface area contributed by atoms with Crippen LogP contribution in [0.4, 0.5) is 4.39 Å². The van der Waals surface area contributed by atoms with Gasteiger partial charge in [0, 0.05) is 36.2 Å². The van der Waals surface area contributed by atoms with Gasteiger partial charge in [-0.05, 0) is 18.9 Å². The van der Waals surface area contributed by atoms with E-state index in [2.05, 4.69) is 26.1 Å². The zero-order valence-corrected chi connectivity index (χ0v) is 15.1. The highest BCUT2D eigenvalue weighted by molar-refractivity contribution is 5.44. The molecule has 0 heterocycles. The molecule has 0 saturated heterocycles. The third-order valence-electron chi connectivity index (χ3n) is 5.19. The first-order chi connectivity index (χ1) is 10.8. The molecule has 5 heteroatoms. The van der Waals surface area contributed by atoms with Crippen molar-refractivity contribution in [2.75, 3.05) is 21.3 Å². The largest absolute Gasteiger partial charge is 0.493 e. The van der Waals surface area contributed by atoms with Crippen LogP contribution in [0.25, 0.3) is 0 Å². The highest BCUT2D eigenvalue weighted by atomic mass is 19.1. The highest BCUT2D eigenvalue weighted by Gasteiger charge is 2.54. The van der Waals surface area contributed by atoms with Gasteiger partial charge < -0.3 is 19.5 Å². The molecule has 1 aliphatic rings. The zero-order chi connectivity index (χ0) is 17.4. The standard InChI is InChI=1S/C18H28FNO3/c1-10-16(18(3,4)17(10)23-7)20-11(2)12-8-14(21-5)15(22-6)9-13(12)19/h8-11,16-17,20H,1-7H3/t10-,11-,16+,17+/m0/s1. The zero-order valence-electron chi connectivity index (χ0n) is 15.1. The molecule has 0 spiro atoms. The van der Waals surface area contributed by atoms with E-state index in [1.165, 1.54) is 13.2 Å². The summed E-state index contributed by atoms with van der Waals surface area (Å²) >= 11 is 0. The Morgan fingerprint density at radius 3 is 2.17 bits per heavy atom. The van der Waals surface area contributed by atoms with E-state index in [1.807, 2.05) is 6.92 Å². The van der Waals surface area contributed by atoms with Gasteiger partial charge in [0.25, 0.3) is 0 Å². The van der Waals surface area contributed by atoms with Crippen LogP contribution >= 0.6 is 0 Å². The highest BCUT2D eigenvalue weighted by Crippen LogP contribution is 2.48. The fourth-order valence-corrected chi connectivity index (χ4v) is 4.03. The van der Waals surface area contributed by atoms with E-state index in [1.54, 1.807) is 20.3 Å². The molecule has 0 unspecified atom stereocenters. The van der Waals surface area contributed by atoms with Gasteiger partial charge in [-0.3, -0.25) is 0 Å². The molecule has 1 aromatic carbocycles. The monoisotopic (exact) mass is 325 g/mol. The molecule has 2 rings (SSSR count). The minimum absolute atomic E-state index is 0.00938. The van der Waals surface area contributed by atoms with Gasteiger partial charge in [0.05, 0.1) is 20.3 Å². The van der Waals surface area contributed by atoms with Crippen molar-refractivity contribution in [3.63, 3.8) is 0 Å². The molecular formula is C18H28FNO3. The molecule has 0 bridgehead atoms. The fraction of sp³-hybridized carbons (Fsp3) is 0.667. The van der Waals surface area contributed by atoms with Crippen LogP contribution in [0, 0.1) is 17.2 Å². The summed E-state index contributed by atoms with van der Waals surface area (Å²) in [5, 5.41) is 3.55. The fourth-order valence-electron chi connectivity index (χ4n) is 4.03. The number of halogens is 1. The van der Waals surface area contributed by atoms with E-state index in [-0.39, 0.29) is 29.4 Å². The number of nitrogens with one attached hydrogen (secondary N) is 1. The van der Waals surface area contributed by atoms with Crippen LogP contribution in [0.1, 0.15) is 39.3 Å². The summed E-state index contributed by atoms with van der Waals surface area (Å²) in [6.07, 6.45) is 0.211. The summed E-state index contributed by atoms with van der Waals surface area (Å²) in [6.45, 7) is 8.48. The van der Waals surface area contributed by atoms with Crippen LogP contribution in [0.5, 0.6) is 11.5 Å². The Morgan fingerprint density at radius 2 is 1.70 bits per heavy atom. The quantitative estimate of drug-likeness (QED) is 0.868. The molecule has 4 nitrogen and oxygen atoms in total. The number of hydrogen-bond acceptors (Lipinski definition) is 4. The van der Waals surface area contributed by atoms with Crippen molar-refractivity contribution in [3.8, 4) is 11.5 Å². The van der Waals surface area contributed by atoms with Crippen molar-refractivity contribution in [2.24, 2.45) is 11.3 Å². The van der Waals surface area contributed by atoms with Crippen LogP contribution in [-0.4, -0.2) is 33.5 Å². The first-order valence-electron chi connectivity index (χ1n) is 7.98. The molecular weight excluding hydrogens is 297 g/mol. The molecule has 0 amide bonds. The van der Waals surface area contributed by atoms with Crippen LogP contribution < -0.4 is 14.8 Å². The molecule has 1 aromatic rings. The molecule has 1 fully saturated rings. The molecule has 130 valence electrons. The van der Waals surface area contributed by atoms with Crippen LogP contribution in [0.2, 0.25) is 0 Å². The molecule has 1 aliphatic carbocycles. The second-order valence-corrected chi connectivity index (χ2v) is 6.93. The van der Waals surface area contributed by atoms with Crippen molar-refractivity contribution in [2.45, 2.75) is 45.9 Å². The molecule has 0 radical (unpaired) electrons. The van der Waals surface area contributed by atoms with Crippen LogP contribution in [0.3, 0.4) is 0 Å². The topological polar surface area (TPSA) is 39.7 Å². The maximum atomic E-state index is 14.4. The van der Waals surface area contributed by atoms with Crippen molar-refractivity contribution in [1.82, 2.24) is 5.32 Å².